The summed E-state index contributed by atoms with van der Waals surface area (Å²) < 4.78 is 1.78. The summed E-state index contributed by atoms with van der Waals surface area (Å²) in [6.07, 6.45) is 7.45. The Morgan fingerprint density at radius 2 is 1.97 bits per heavy atom. The second-order valence-electron chi connectivity index (χ2n) is 9.20. The van der Waals surface area contributed by atoms with Crippen molar-refractivity contribution >= 4 is 34.2 Å². The van der Waals surface area contributed by atoms with E-state index in [2.05, 4.69) is 22.3 Å². The van der Waals surface area contributed by atoms with Crippen LogP contribution >= 0.6 is 0 Å². The first-order valence-electron chi connectivity index (χ1n) is 11.2. The van der Waals surface area contributed by atoms with Gasteiger partial charge in [0.1, 0.15) is 5.82 Å². The monoisotopic (exact) mass is 432 g/mol. The third kappa shape index (κ3) is 3.92. The van der Waals surface area contributed by atoms with Crippen molar-refractivity contribution in [3.63, 3.8) is 0 Å². The first-order chi connectivity index (χ1) is 15.4. The number of carbonyl (C=O) groups is 2. The van der Waals surface area contributed by atoms with Crippen molar-refractivity contribution in [1.82, 2.24) is 19.7 Å². The Labute approximate surface area is 186 Å². The van der Waals surface area contributed by atoms with Crippen LogP contribution in [0.2, 0.25) is 0 Å². The van der Waals surface area contributed by atoms with Crippen molar-refractivity contribution in [1.29, 1.82) is 0 Å². The number of pyridine rings is 1. The minimum atomic E-state index is -0.642. The normalized spacial score (nSPS) is 21.0. The highest BCUT2D eigenvalue weighted by atomic mass is 16.2. The molecule has 1 aliphatic carbocycles. The van der Waals surface area contributed by atoms with Crippen LogP contribution in [-0.2, 0) is 16.6 Å². The Morgan fingerprint density at radius 1 is 1.16 bits per heavy atom. The zero-order valence-corrected chi connectivity index (χ0v) is 18.4. The Hall–Kier alpha value is -3.42. The van der Waals surface area contributed by atoms with Gasteiger partial charge in [-0.15, -0.1) is 0 Å². The highest BCUT2D eigenvalue weighted by Gasteiger charge is 2.34. The number of anilines is 2. The van der Waals surface area contributed by atoms with Crippen molar-refractivity contribution in [2.45, 2.75) is 44.6 Å². The van der Waals surface area contributed by atoms with Crippen LogP contribution < -0.4 is 11.1 Å². The number of nitrogens with zero attached hydrogens (tertiary/aromatic N) is 4. The van der Waals surface area contributed by atoms with E-state index >= 15 is 0 Å². The standard InChI is InChI=1S/C24H28N6O2/c1-14-3-8-21(16-6-7-17-13-29(2)28-20(17)9-16)30(12-14)24(32)23(31)27-18-10-19(15-4-5-15)22(25)26-11-18/h6-7,9-11,13-15,21H,3-5,8,12H2,1-2H3,(H2,25,26)(H,27,31)/t14-,21+/m1/s1. The van der Waals surface area contributed by atoms with Gasteiger partial charge in [-0.3, -0.25) is 14.3 Å². The van der Waals surface area contributed by atoms with E-state index in [-0.39, 0.29) is 6.04 Å². The molecule has 2 aromatic heterocycles. The maximum atomic E-state index is 13.2. The molecule has 0 spiro atoms. The lowest BCUT2D eigenvalue weighted by Crippen LogP contribution is -2.46. The van der Waals surface area contributed by atoms with E-state index in [0.717, 1.165) is 47.7 Å². The number of carbonyl (C=O) groups excluding carboxylic acids is 2. The van der Waals surface area contributed by atoms with E-state index in [1.54, 1.807) is 9.58 Å². The number of fused-ring (bicyclic) bond motifs is 1. The molecule has 0 bridgehead atoms. The number of aromatic nitrogens is 3. The molecule has 1 saturated carbocycles. The molecule has 2 fully saturated rings. The molecule has 5 rings (SSSR count). The quantitative estimate of drug-likeness (QED) is 0.617. The van der Waals surface area contributed by atoms with Gasteiger partial charge in [-0.25, -0.2) is 4.98 Å². The van der Waals surface area contributed by atoms with Crippen molar-refractivity contribution < 1.29 is 9.59 Å². The van der Waals surface area contributed by atoms with E-state index in [4.69, 9.17) is 5.73 Å². The van der Waals surface area contributed by atoms with Gasteiger partial charge in [0.05, 0.1) is 23.4 Å². The molecular formula is C24H28N6O2. The van der Waals surface area contributed by atoms with Crippen LogP contribution in [0.25, 0.3) is 10.9 Å². The number of benzene rings is 1. The highest BCUT2D eigenvalue weighted by molar-refractivity contribution is 6.39. The van der Waals surface area contributed by atoms with Gasteiger partial charge < -0.3 is 16.0 Å². The lowest BCUT2D eigenvalue weighted by Gasteiger charge is -2.38. The Bertz CT molecular complexity index is 1200. The van der Waals surface area contributed by atoms with Crippen molar-refractivity contribution in [3.05, 3.63) is 47.8 Å². The molecule has 1 aromatic carbocycles. The molecule has 3 heterocycles. The van der Waals surface area contributed by atoms with E-state index in [1.165, 1.54) is 6.20 Å². The summed E-state index contributed by atoms with van der Waals surface area (Å²) in [5.74, 6) is 0.0700. The SMILES string of the molecule is C[C@@H]1CC[C@@H](c2ccc3cn(C)nc3c2)N(C(=O)C(=O)Nc2cnc(N)c(C3CC3)c2)C1. The van der Waals surface area contributed by atoms with E-state index in [0.29, 0.717) is 29.9 Å². The lowest BCUT2D eigenvalue weighted by atomic mass is 9.89. The highest BCUT2D eigenvalue weighted by Crippen LogP contribution is 2.43. The Balaban J connectivity index is 1.38. The van der Waals surface area contributed by atoms with Gasteiger partial charge in [-0.2, -0.15) is 5.10 Å². The van der Waals surface area contributed by atoms with E-state index < -0.39 is 11.8 Å². The molecular weight excluding hydrogens is 404 g/mol. The van der Waals surface area contributed by atoms with Crippen molar-refractivity contribution in [2.75, 3.05) is 17.6 Å². The number of nitrogens with one attached hydrogen (secondary N) is 1. The number of piperidine rings is 1. The number of hydrogen-bond donors (Lipinski definition) is 2. The summed E-state index contributed by atoms with van der Waals surface area (Å²) in [6.45, 7) is 2.66. The van der Waals surface area contributed by atoms with Gasteiger partial charge in [-0.1, -0.05) is 19.1 Å². The first kappa shape index (κ1) is 20.5. The molecule has 166 valence electrons. The summed E-state index contributed by atoms with van der Waals surface area (Å²) in [6, 6.07) is 7.78. The number of nitrogen functional groups attached to an aromatic ring is 1. The van der Waals surface area contributed by atoms with Gasteiger partial charge in [0.15, 0.2) is 0 Å². The third-order valence-electron chi connectivity index (χ3n) is 6.53. The van der Waals surface area contributed by atoms with Gasteiger partial charge in [-0.05, 0) is 60.8 Å². The summed E-state index contributed by atoms with van der Waals surface area (Å²) in [5.41, 5.74) is 9.33. The maximum absolute atomic E-state index is 13.2. The smallest absolute Gasteiger partial charge is 0.313 e. The van der Waals surface area contributed by atoms with Crippen LogP contribution in [0.3, 0.4) is 0 Å². The number of rotatable bonds is 3. The molecule has 0 unspecified atom stereocenters. The van der Waals surface area contributed by atoms with E-state index in [9.17, 15) is 9.59 Å². The van der Waals surface area contributed by atoms with Crippen LogP contribution in [-0.4, -0.2) is 38.0 Å². The molecule has 2 atom stereocenters. The van der Waals surface area contributed by atoms with Crippen molar-refractivity contribution in [2.24, 2.45) is 13.0 Å². The predicted octanol–water partition coefficient (Wildman–Crippen LogP) is 3.37. The average molecular weight is 433 g/mol. The Kier molecular flexibility index (Phi) is 5.07. The molecule has 32 heavy (non-hydrogen) atoms. The molecule has 2 amide bonds. The fraction of sp³-hybridized carbons (Fsp3) is 0.417. The van der Waals surface area contributed by atoms with Crippen LogP contribution in [0.4, 0.5) is 11.5 Å². The van der Waals surface area contributed by atoms with Gasteiger partial charge in [0.25, 0.3) is 0 Å². The number of likely N-dealkylation sites (tertiary alicyclic amines) is 1. The van der Waals surface area contributed by atoms with Gasteiger partial charge in [0, 0.05) is 25.2 Å². The minimum absolute atomic E-state index is 0.151. The van der Waals surface area contributed by atoms with Crippen LogP contribution in [0.5, 0.6) is 0 Å². The largest absolute Gasteiger partial charge is 0.383 e. The zero-order chi connectivity index (χ0) is 22.4. The summed E-state index contributed by atoms with van der Waals surface area (Å²) in [7, 11) is 1.89. The van der Waals surface area contributed by atoms with Crippen LogP contribution in [0.15, 0.2) is 36.7 Å². The molecule has 2 aliphatic rings. The molecule has 8 heteroatoms. The molecule has 8 nitrogen and oxygen atoms in total. The van der Waals surface area contributed by atoms with Crippen molar-refractivity contribution in [3.8, 4) is 0 Å². The second kappa shape index (κ2) is 7.93. The number of amides is 2. The minimum Gasteiger partial charge on any atom is -0.383 e. The molecule has 3 aromatic rings. The summed E-state index contributed by atoms with van der Waals surface area (Å²) >= 11 is 0. The topological polar surface area (TPSA) is 106 Å². The number of nitrogens with two attached hydrogens (primary N) is 1. The molecule has 3 N–H and O–H groups in total. The van der Waals surface area contributed by atoms with Crippen LogP contribution in [0, 0.1) is 5.92 Å². The summed E-state index contributed by atoms with van der Waals surface area (Å²) in [4.78, 5) is 32.1. The average Bonchev–Trinajstić information content (AvgIpc) is 3.54. The molecule has 1 saturated heterocycles. The van der Waals surface area contributed by atoms with E-state index in [1.807, 2.05) is 37.5 Å². The van der Waals surface area contributed by atoms with Crippen LogP contribution in [0.1, 0.15) is 55.7 Å². The zero-order valence-electron chi connectivity index (χ0n) is 18.4. The fourth-order valence-corrected chi connectivity index (χ4v) is 4.68. The number of aryl methyl sites for hydroxylation is 1. The first-order valence-corrected chi connectivity index (χ1v) is 11.2. The predicted molar refractivity (Wildman–Crippen MR) is 123 cm³/mol. The Morgan fingerprint density at radius 3 is 2.75 bits per heavy atom. The van der Waals surface area contributed by atoms with Gasteiger partial charge in [0.2, 0.25) is 0 Å². The molecule has 0 radical (unpaired) electrons. The third-order valence-corrected chi connectivity index (χ3v) is 6.53. The maximum Gasteiger partial charge on any atom is 0.313 e. The second-order valence-corrected chi connectivity index (χ2v) is 9.20. The fourth-order valence-electron chi connectivity index (χ4n) is 4.68. The number of hydrogen-bond acceptors (Lipinski definition) is 5. The summed E-state index contributed by atoms with van der Waals surface area (Å²) in [5, 5.41) is 8.30. The molecule has 1 aliphatic heterocycles. The van der Waals surface area contributed by atoms with Gasteiger partial charge >= 0.3 is 11.8 Å². The lowest BCUT2D eigenvalue weighted by molar-refractivity contribution is -0.146.